The zero-order chi connectivity index (χ0) is 10.4. The van der Waals surface area contributed by atoms with Gasteiger partial charge in [0.25, 0.3) is 0 Å². The third kappa shape index (κ3) is 3.46. The molecule has 0 heterocycles. The van der Waals surface area contributed by atoms with Gasteiger partial charge < -0.3 is 4.74 Å². The van der Waals surface area contributed by atoms with Crippen LogP contribution in [-0.2, 0) is 4.74 Å². The van der Waals surface area contributed by atoms with E-state index in [1.807, 2.05) is 12.1 Å². The summed E-state index contributed by atoms with van der Waals surface area (Å²) >= 11 is 0. The summed E-state index contributed by atoms with van der Waals surface area (Å²) in [4.78, 5) is 0. The predicted molar refractivity (Wildman–Crippen MR) is 55.9 cm³/mol. The van der Waals surface area contributed by atoms with E-state index in [1.54, 1.807) is 0 Å². The first-order valence-electron chi connectivity index (χ1n) is 5.07. The van der Waals surface area contributed by atoms with Gasteiger partial charge in [0, 0.05) is 12.5 Å². The lowest BCUT2D eigenvalue weighted by Gasteiger charge is -2.11. The molecule has 0 aliphatic heterocycles. The monoisotopic (exact) mass is 196 g/mol. The van der Waals surface area contributed by atoms with Crippen molar-refractivity contribution in [3.63, 3.8) is 0 Å². The average Bonchev–Trinajstić information content (AvgIpc) is 2.19. The fraction of sp³-hybridized carbons (Fsp3) is 0.500. The van der Waals surface area contributed by atoms with E-state index in [0.29, 0.717) is 12.5 Å². The highest BCUT2D eigenvalue weighted by atomic mass is 19.1. The van der Waals surface area contributed by atoms with Crippen molar-refractivity contribution in [1.82, 2.24) is 0 Å². The topological polar surface area (TPSA) is 9.23 Å². The van der Waals surface area contributed by atoms with Crippen molar-refractivity contribution < 1.29 is 9.13 Å². The Kier molecular flexibility index (Phi) is 4.60. The fourth-order valence-corrected chi connectivity index (χ4v) is 1.29. The molecule has 0 saturated carbocycles. The van der Waals surface area contributed by atoms with Crippen LogP contribution in [0.15, 0.2) is 24.3 Å². The minimum atomic E-state index is -0.185. The van der Waals surface area contributed by atoms with Crippen LogP contribution in [-0.4, -0.2) is 13.2 Å². The second-order valence-electron chi connectivity index (χ2n) is 3.53. The summed E-state index contributed by atoms with van der Waals surface area (Å²) in [5.74, 6) is 0.151. The van der Waals surface area contributed by atoms with Crippen LogP contribution in [0, 0.1) is 5.82 Å². The minimum Gasteiger partial charge on any atom is -0.381 e. The highest BCUT2D eigenvalue weighted by Crippen LogP contribution is 2.15. The molecule has 1 rings (SSSR count). The van der Waals surface area contributed by atoms with E-state index in [9.17, 15) is 4.39 Å². The van der Waals surface area contributed by atoms with Crippen molar-refractivity contribution in [1.29, 1.82) is 0 Å². The van der Waals surface area contributed by atoms with E-state index < -0.39 is 0 Å². The smallest absolute Gasteiger partial charge is 0.123 e. The molecule has 78 valence electrons. The number of rotatable bonds is 5. The highest BCUT2D eigenvalue weighted by Gasteiger charge is 2.04. The Morgan fingerprint density at radius 1 is 1.29 bits per heavy atom. The van der Waals surface area contributed by atoms with Crippen LogP contribution >= 0.6 is 0 Å². The molecule has 0 aliphatic carbocycles. The van der Waals surface area contributed by atoms with Gasteiger partial charge in [-0.3, -0.25) is 0 Å². The summed E-state index contributed by atoms with van der Waals surface area (Å²) in [5.41, 5.74) is 1.13. The summed E-state index contributed by atoms with van der Waals surface area (Å²) in [7, 11) is 0. The zero-order valence-corrected chi connectivity index (χ0v) is 8.79. The predicted octanol–water partition coefficient (Wildman–Crippen LogP) is 3.36. The van der Waals surface area contributed by atoms with Gasteiger partial charge in [-0.05, 0) is 24.1 Å². The first-order chi connectivity index (χ1) is 6.74. The Hall–Kier alpha value is -0.890. The van der Waals surface area contributed by atoms with Crippen LogP contribution < -0.4 is 0 Å². The number of hydrogen-bond acceptors (Lipinski definition) is 1. The largest absolute Gasteiger partial charge is 0.381 e. The molecule has 1 unspecified atom stereocenters. The summed E-state index contributed by atoms with van der Waals surface area (Å²) in [6.45, 7) is 5.68. The summed E-state index contributed by atoms with van der Waals surface area (Å²) in [5, 5.41) is 0. The van der Waals surface area contributed by atoms with Gasteiger partial charge in [-0.1, -0.05) is 26.0 Å². The van der Waals surface area contributed by atoms with Crippen LogP contribution in [0.4, 0.5) is 4.39 Å². The van der Waals surface area contributed by atoms with Crippen molar-refractivity contribution in [2.45, 2.75) is 26.2 Å². The second kappa shape index (κ2) is 5.76. The minimum absolute atomic E-state index is 0.185. The molecule has 0 fully saturated rings. The molecule has 0 amide bonds. The number of ether oxygens (including phenoxy) is 1. The molecule has 0 bridgehead atoms. The van der Waals surface area contributed by atoms with Gasteiger partial charge >= 0.3 is 0 Å². The van der Waals surface area contributed by atoms with Gasteiger partial charge in [0.15, 0.2) is 0 Å². The molecule has 1 aromatic rings. The van der Waals surface area contributed by atoms with Gasteiger partial charge in [-0.2, -0.15) is 0 Å². The van der Waals surface area contributed by atoms with Crippen LogP contribution in [0.1, 0.15) is 31.7 Å². The second-order valence-corrected chi connectivity index (χ2v) is 3.53. The molecule has 1 atom stereocenters. The lowest BCUT2D eigenvalue weighted by molar-refractivity contribution is 0.124. The Bertz CT molecular complexity index is 256. The van der Waals surface area contributed by atoms with Crippen molar-refractivity contribution >= 4 is 0 Å². The molecule has 0 aliphatic rings. The molecule has 1 aromatic carbocycles. The van der Waals surface area contributed by atoms with Crippen LogP contribution in [0.5, 0.6) is 0 Å². The normalized spacial score (nSPS) is 12.8. The lowest BCUT2D eigenvalue weighted by Crippen LogP contribution is -2.05. The Morgan fingerprint density at radius 3 is 2.50 bits per heavy atom. The maximum atomic E-state index is 12.6. The first kappa shape index (κ1) is 11.2. The Morgan fingerprint density at radius 2 is 1.93 bits per heavy atom. The molecule has 0 saturated heterocycles. The van der Waals surface area contributed by atoms with Gasteiger partial charge in [-0.15, -0.1) is 0 Å². The molecule has 0 radical (unpaired) electrons. The van der Waals surface area contributed by atoms with Crippen molar-refractivity contribution in [2.75, 3.05) is 13.2 Å². The summed E-state index contributed by atoms with van der Waals surface area (Å²) in [6.07, 6.45) is 1.04. The van der Waals surface area contributed by atoms with Gasteiger partial charge in [0.2, 0.25) is 0 Å². The summed E-state index contributed by atoms with van der Waals surface area (Å²) < 4.78 is 18.1. The maximum Gasteiger partial charge on any atom is 0.123 e. The van der Waals surface area contributed by atoms with Crippen molar-refractivity contribution in [3.05, 3.63) is 35.6 Å². The van der Waals surface area contributed by atoms with E-state index in [1.165, 1.54) is 12.1 Å². The van der Waals surface area contributed by atoms with E-state index in [-0.39, 0.29) is 5.82 Å². The molecule has 0 spiro atoms. The van der Waals surface area contributed by atoms with Crippen LogP contribution in [0.2, 0.25) is 0 Å². The van der Waals surface area contributed by atoms with E-state index >= 15 is 0 Å². The van der Waals surface area contributed by atoms with Crippen molar-refractivity contribution in [2.24, 2.45) is 0 Å². The molecule has 0 N–H and O–H groups in total. The van der Waals surface area contributed by atoms with Gasteiger partial charge in [-0.25, -0.2) is 4.39 Å². The number of benzene rings is 1. The Labute approximate surface area is 84.9 Å². The molecule has 14 heavy (non-hydrogen) atoms. The third-order valence-corrected chi connectivity index (χ3v) is 2.16. The standard InChI is InChI=1S/C12H17FO/c1-3-8-14-9-10(2)11-4-6-12(13)7-5-11/h4-7,10H,3,8-9H2,1-2H3. The first-order valence-corrected chi connectivity index (χ1v) is 5.07. The van der Waals surface area contributed by atoms with E-state index in [2.05, 4.69) is 13.8 Å². The lowest BCUT2D eigenvalue weighted by atomic mass is 10.0. The molecular formula is C12H17FO. The van der Waals surface area contributed by atoms with E-state index in [4.69, 9.17) is 4.74 Å². The zero-order valence-electron chi connectivity index (χ0n) is 8.79. The van der Waals surface area contributed by atoms with E-state index in [0.717, 1.165) is 18.6 Å². The quantitative estimate of drug-likeness (QED) is 0.656. The molecule has 0 aromatic heterocycles. The number of halogens is 1. The Balaban J connectivity index is 2.43. The highest BCUT2D eigenvalue weighted by molar-refractivity contribution is 5.19. The average molecular weight is 196 g/mol. The van der Waals surface area contributed by atoms with Gasteiger partial charge in [0.1, 0.15) is 5.82 Å². The number of hydrogen-bond donors (Lipinski definition) is 0. The maximum absolute atomic E-state index is 12.6. The fourth-order valence-electron chi connectivity index (χ4n) is 1.29. The third-order valence-electron chi connectivity index (χ3n) is 2.16. The summed E-state index contributed by atoms with van der Waals surface area (Å²) in [6, 6.07) is 6.61. The van der Waals surface area contributed by atoms with Crippen LogP contribution in [0.3, 0.4) is 0 Å². The van der Waals surface area contributed by atoms with Crippen LogP contribution in [0.25, 0.3) is 0 Å². The molecular weight excluding hydrogens is 179 g/mol. The van der Waals surface area contributed by atoms with Crippen molar-refractivity contribution in [3.8, 4) is 0 Å². The van der Waals surface area contributed by atoms with Gasteiger partial charge in [0.05, 0.1) is 6.61 Å². The molecule has 2 heteroatoms. The SMILES string of the molecule is CCCOCC(C)c1ccc(F)cc1. The molecule has 1 nitrogen and oxygen atoms in total.